The minimum absolute atomic E-state index is 0.155. The summed E-state index contributed by atoms with van der Waals surface area (Å²) in [6.45, 7) is 1.84. The third-order valence-electron chi connectivity index (χ3n) is 4.98. The highest BCUT2D eigenvalue weighted by Gasteiger charge is 2.35. The second kappa shape index (κ2) is 7.71. The molecule has 0 saturated carbocycles. The summed E-state index contributed by atoms with van der Waals surface area (Å²) in [7, 11) is 0. The Morgan fingerprint density at radius 1 is 1.37 bits per heavy atom. The minimum Gasteiger partial charge on any atom is -0.306 e. The average molecular weight is 391 g/mol. The summed E-state index contributed by atoms with van der Waals surface area (Å²) in [5, 5.41) is 13.2. The zero-order valence-corrected chi connectivity index (χ0v) is 15.7. The van der Waals surface area contributed by atoms with Gasteiger partial charge in [-0.15, -0.1) is 0 Å². The normalized spacial score (nSPS) is 16.6. The van der Waals surface area contributed by atoms with Crippen LogP contribution in [0.15, 0.2) is 30.6 Å². The molecule has 1 aromatic carbocycles. The molecule has 0 bridgehead atoms. The quantitative estimate of drug-likeness (QED) is 0.376. The molecule has 2 unspecified atom stereocenters. The van der Waals surface area contributed by atoms with Crippen molar-refractivity contribution in [1.29, 1.82) is 0 Å². The van der Waals surface area contributed by atoms with Crippen molar-refractivity contribution >= 4 is 22.8 Å². The molecule has 1 aromatic heterocycles. The first kappa shape index (κ1) is 19.4. The first-order chi connectivity index (χ1) is 12.8. The summed E-state index contributed by atoms with van der Waals surface area (Å²) < 4.78 is 21.9. The number of carbonyl (C=O) groups excluding carboxylic acids is 2. The Morgan fingerprint density at radius 3 is 2.85 bits per heavy atom. The Kier molecular flexibility index (Phi) is 5.54. The Bertz CT molecular complexity index is 910. The molecule has 144 valence electrons. The molecule has 0 aliphatic heterocycles. The average Bonchev–Trinajstić information content (AvgIpc) is 3.25. The maximum absolute atomic E-state index is 11.9. The van der Waals surface area contributed by atoms with Crippen LogP contribution in [0.3, 0.4) is 0 Å². The van der Waals surface area contributed by atoms with Gasteiger partial charge in [-0.3, -0.25) is 19.5 Å². The highest BCUT2D eigenvalue weighted by molar-refractivity contribution is 7.79. The molecule has 3 N–H and O–H groups in total. The number of amides is 1. The predicted octanol–water partition coefficient (Wildman–Crippen LogP) is 1.80. The lowest BCUT2D eigenvalue weighted by Gasteiger charge is -2.25. The number of ketones is 1. The van der Waals surface area contributed by atoms with Crippen LogP contribution >= 0.6 is 0 Å². The molecule has 0 fully saturated rings. The van der Waals surface area contributed by atoms with Crippen LogP contribution < -0.4 is 5.48 Å². The molecule has 0 radical (unpaired) electrons. The third kappa shape index (κ3) is 4.15. The predicted molar refractivity (Wildman–Crippen MR) is 98.6 cm³/mol. The molecule has 9 heteroatoms. The number of fused-ring (bicyclic) bond motifs is 1. The summed E-state index contributed by atoms with van der Waals surface area (Å²) in [4.78, 5) is 23.8. The number of aromatic nitrogens is 2. The van der Waals surface area contributed by atoms with Crippen molar-refractivity contribution in [3.63, 3.8) is 0 Å². The Balaban J connectivity index is 1.74. The number of aryl methyl sites for hydroxylation is 2. The van der Waals surface area contributed by atoms with Crippen LogP contribution in [0, 0.1) is 5.41 Å². The van der Waals surface area contributed by atoms with Crippen LogP contribution in [0.5, 0.6) is 0 Å². The molecule has 2 atom stereocenters. The van der Waals surface area contributed by atoms with Gasteiger partial charge in [-0.1, -0.05) is 12.1 Å². The molecule has 1 heterocycles. The molecule has 0 saturated heterocycles. The van der Waals surface area contributed by atoms with Gasteiger partial charge in [0, 0.05) is 30.3 Å². The molecule has 8 nitrogen and oxygen atoms in total. The Hall–Kier alpha value is -2.36. The zero-order valence-electron chi connectivity index (χ0n) is 14.8. The van der Waals surface area contributed by atoms with Crippen LogP contribution in [0.25, 0.3) is 11.1 Å². The van der Waals surface area contributed by atoms with Crippen molar-refractivity contribution in [2.24, 2.45) is 5.41 Å². The van der Waals surface area contributed by atoms with Gasteiger partial charge in [0.25, 0.3) is 0 Å². The SMILES string of the molecule is CC(CCn1cc(-c2ccc3c(c2)C(=O)CC3)cn1)(CS(=O)O)C(=O)NO. The number of carbonyl (C=O) groups is 2. The molecule has 2 aromatic rings. The maximum Gasteiger partial charge on any atom is 0.250 e. The van der Waals surface area contributed by atoms with Gasteiger partial charge in [0.05, 0.1) is 17.4 Å². The fourth-order valence-corrected chi connectivity index (χ4v) is 4.09. The van der Waals surface area contributed by atoms with Gasteiger partial charge in [0.2, 0.25) is 5.91 Å². The first-order valence-corrected chi connectivity index (χ1v) is 9.81. The van der Waals surface area contributed by atoms with E-state index in [1.807, 2.05) is 18.2 Å². The summed E-state index contributed by atoms with van der Waals surface area (Å²) in [6.07, 6.45) is 5.03. The largest absolute Gasteiger partial charge is 0.306 e. The van der Waals surface area contributed by atoms with E-state index in [1.165, 1.54) is 6.92 Å². The van der Waals surface area contributed by atoms with Crippen molar-refractivity contribution in [3.05, 3.63) is 41.7 Å². The summed E-state index contributed by atoms with van der Waals surface area (Å²) in [5.74, 6) is -0.850. The number of hydrogen-bond donors (Lipinski definition) is 3. The smallest absolute Gasteiger partial charge is 0.250 e. The molecule has 3 rings (SSSR count). The van der Waals surface area contributed by atoms with Crippen molar-refractivity contribution in [3.8, 4) is 11.1 Å². The summed E-state index contributed by atoms with van der Waals surface area (Å²) >= 11 is -2.18. The number of nitrogens with one attached hydrogen (secondary N) is 1. The van der Waals surface area contributed by atoms with E-state index >= 15 is 0 Å². The number of Topliss-reactive ketones (excluding diaryl/α,β-unsaturated/α-hetero) is 1. The zero-order chi connectivity index (χ0) is 19.6. The molecule has 27 heavy (non-hydrogen) atoms. The fourth-order valence-electron chi connectivity index (χ4n) is 3.27. The van der Waals surface area contributed by atoms with E-state index in [-0.39, 0.29) is 18.0 Å². The Labute approximate surface area is 158 Å². The van der Waals surface area contributed by atoms with Gasteiger partial charge in [-0.2, -0.15) is 5.10 Å². The van der Waals surface area contributed by atoms with Crippen LogP contribution in [0.4, 0.5) is 0 Å². The lowest BCUT2D eigenvalue weighted by atomic mass is 9.88. The number of benzene rings is 1. The van der Waals surface area contributed by atoms with Gasteiger partial charge >= 0.3 is 0 Å². The number of nitrogens with zero attached hydrogens (tertiary/aromatic N) is 2. The highest BCUT2D eigenvalue weighted by Crippen LogP contribution is 2.28. The molecule has 1 aliphatic rings. The minimum atomic E-state index is -2.18. The number of hydroxylamine groups is 1. The Morgan fingerprint density at radius 2 is 2.15 bits per heavy atom. The van der Waals surface area contributed by atoms with Crippen LogP contribution in [-0.2, 0) is 28.8 Å². The van der Waals surface area contributed by atoms with Gasteiger partial charge in [-0.25, -0.2) is 9.69 Å². The molecular formula is C18H21N3O5S. The molecule has 1 amide bonds. The lowest BCUT2D eigenvalue weighted by Crippen LogP contribution is -2.42. The van der Waals surface area contributed by atoms with Gasteiger partial charge in [0.15, 0.2) is 16.9 Å². The fraction of sp³-hybridized carbons (Fsp3) is 0.389. The summed E-state index contributed by atoms with van der Waals surface area (Å²) in [5.41, 5.74) is 3.92. The van der Waals surface area contributed by atoms with Crippen molar-refractivity contribution < 1.29 is 23.6 Å². The number of rotatable bonds is 7. The second-order valence-electron chi connectivity index (χ2n) is 7.00. The lowest BCUT2D eigenvalue weighted by molar-refractivity contribution is -0.138. The van der Waals surface area contributed by atoms with E-state index in [2.05, 4.69) is 5.10 Å². The first-order valence-electron chi connectivity index (χ1n) is 8.53. The van der Waals surface area contributed by atoms with Crippen molar-refractivity contribution in [2.45, 2.75) is 32.7 Å². The molecule has 1 aliphatic carbocycles. The van der Waals surface area contributed by atoms with Gasteiger partial charge in [0.1, 0.15) is 0 Å². The molecule has 0 spiro atoms. The monoisotopic (exact) mass is 391 g/mol. The maximum atomic E-state index is 11.9. The van der Waals surface area contributed by atoms with E-state index in [1.54, 1.807) is 22.6 Å². The van der Waals surface area contributed by atoms with E-state index in [4.69, 9.17) is 9.76 Å². The van der Waals surface area contributed by atoms with Gasteiger partial charge < -0.3 is 4.55 Å². The van der Waals surface area contributed by atoms with Crippen LogP contribution in [0.1, 0.15) is 35.7 Å². The highest BCUT2D eigenvalue weighted by atomic mass is 32.2. The standard InChI is InChI=1S/C18H21N3O5S/c1-18(11-27(25)26,17(23)20-24)6-7-21-10-14(9-19-21)13-3-2-12-4-5-16(22)15(12)8-13/h2-3,8-10,24H,4-7,11H2,1H3,(H,20,23)(H,25,26). The van der Waals surface area contributed by atoms with E-state index in [0.29, 0.717) is 13.0 Å². The second-order valence-corrected chi connectivity index (χ2v) is 7.94. The van der Waals surface area contributed by atoms with E-state index in [0.717, 1.165) is 28.7 Å². The van der Waals surface area contributed by atoms with Crippen molar-refractivity contribution in [1.82, 2.24) is 15.3 Å². The van der Waals surface area contributed by atoms with Crippen molar-refractivity contribution in [2.75, 3.05) is 5.75 Å². The van der Waals surface area contributed by atoms with Crippen LogP contribution in [-0.4, -0.2) is 41.2 Å². The van der Waals surface area contributed by atoms with E-state index in [9.17, 15) is 13.8 Å². The number of hydrogen-bond acceptors (Lipinski definition) is 5. The summed E-state index contributed by atoms with van der Waals surface area (Å²) in [6, 6.07) is 5.80. The molecular weight excluding hydrogens is 370 g/mol. The van der Waals surface area contributed by atoms with E-state index < -0.39 is 22.4 Å². The topological polar surface area (TPSA) is 122 Å². The van der Waals surface area contributed by atoms with Gasteiger partial charge in [-0.05, 0) is 37.0 Å². The van der Waals surface area contributed by atoms with Crippen LogP contribution in [0.2, 0.25) is 0 Å². The third-order valence-corrected chi connectivity index (χ3v) is 5.87.